The number of benzene rings is 1. The number of sulfonamides is 1. The van der Waals surface area contributed by atoms with Crippen LogP contribution in [-0.4, -0.2) is 25.1 Å². The SMILES string of the molecule is Cc1noc(CCNS(=O)(=O)c2ccc(F)c(CN)c2)n1. The Bertz CT molecular complexity index is 730. The first-order chi connectivity index (χ1) is 9.92. The van der Waals surface area contributed by atoms with E-state index in [1.165, 1.54) is 12.1 Å². The number of nitrogens with two attached hydrogens (primary N) is 1. The molecule has 0 bridgehead atoms. The van der Waals surface area contributed by atoms with Crippen LogP contribution in [0, 0.1) is 12.7 Å². The first-order valence-electron chi connectivity index (χ1n) is 6.20. The minimum Gasteiger partial charge on any atom is -0.339 e. The number of nitrogens with zero attached hydrogens (tertiary/aromatic N) is 2. The number of nitrogens with one attached hydrogen (secondary N) is 1. The summed E-state index contributed by atoms with van der Waals surface area (Å²) in [7, 11) is -3.74. The minimum absolute atomic E-state index is 0.0361. The highest BCUT2D eigenvalue weighted by atomic mass is 32.2. The lowest BCUT2D eigenvalue weighted by Crippen LogP contribution is -2.26. The summed E-state index contributed by atoms with van der Waals surface area (Å²) >= 11 is 0. The van der Waals surface area contributed by atoms with Crippen molar-refractivity contribution in [3.8, 4) is 0 Å². The highest BCUT2D eigenvalue weighted by Crippen LogP contribution is 2.14. The molecule has 0 saturated heterocycles. The molecule has 0 aliphatic carbocycles. The van der Waals surface area contributed by atoms with E-state index in [-0.39, 0.29) is 30.0 Å². The van der Waals surface area contributed by atoms with Gasteiger partial charge in [0, 0.05) is 25.1 Å². The molecule has 21 heavy (non-hydrogen) atoms. The first kappa shape index (κ1) is 15.5. The maximum atomic E-state index is 13.3. The van der Waals surface area contributed by atoms with E-state index in [0.29, 0.717) is 11.7 Å². The van der Waals surface area contributed by atoms with Gasteiger partial charge in [0.1, 0.15) is 5.82 Å². The van der Waals surface area contributed by atoms with Gasteiger partial charge >= 0.3 is 0 Å². The smallest absolute Gasteiger partial charge is 0.240 e. The summed E-state index contributed by atoms with van der Waals surface area (Å²) in [6.07, 6.45) is 0.269. The molecule has 2 rings (SSSR count). The van der Waals surface area contributed by atoms with Crippen LogP contribution in [0.4, 0.5) is 4.39 Å². The Hall–Kier alpha value is -1.84. The van der Waals surface area contributed by atoms with Crippen molar-refractivity contribution in [2.45, 2.75) is 24.8 Å². The molecular weight excluding hydrogens is 299 g/mol. The molecule has 114 valence electrons. The zero-order valence-corrected chi connectivity index (χ0v) is 12.2. The summed E-state index contributed by atoms with van der Waals surface area (Å²) in [5.41, 5.74) is 5.50. The van der Waals surface area contributed by atoms with E-state index in [9.17, 15) is 12.8 Å². The normalized spacial score (nSPS) is 11.8. The van der Waals surface area contributed by atoms with Gasteiger partial charge in [-0.15, -0.1) is 0 Å². The number of aryl methyl sites for hydroxylation is 1. The quantitative estimate of drug-likeness (QED) is 0.803. The number of hydrogen-bond acceptors (Lipinski definition) is 6. The largest absolute Gasteiger partial charge is 0.339 e. The molecule has 0 fully saturated rings. The maximum absolute atomic E-state index is 13.3. The molecule has 1 aromatic heterocycles. The first-order valence-corrected chi connectivity index (χ1v) is 7.68. The van der Waals surface area contributed by atoms with Crippen molar-refractivity contribution in [2.75, 3.05) is 6.54 Å². The van der Waals surface area contributed by atoms with Crippen LogP contribution < -0.4 is 10.5 Å². The highest BCUT2D eigenvalue weighted by molar-refractivity contribution is 7.89. The Labute approximate surface area is 121 Å². The van der Waals surface area contributed by atoms with Gasteiger partial charge < -0.3 is 10.3 Å². The average Bonchev–Trinajstić information content (AvgIpc) is 2.84. The fraction of sp³-hybridized carbons (Fsp3) is 0.333. The Kier molecular flexibility index (Phi) is 4.66. The topological polar surface area (TPSA) is 111 Å². The van der Waals surface area contributed by atoms with E-state index in [1.807, 2.05) is 0 Å². The second-order valence-corrected chi connectivity index (χ2v) is 6.11. The van der Waals surface area contributed by atoms with E-state index >= 15 is 0 Å². The molecule has 0 aliphatic rings. The zero-order chi connectivity index (χ0) is 15.5. The number of aromatic nitrogens is 2. The fourth-order valence-electron chi connectivity index (χ4n) is 1.69. The summed E-state index contributed by atoms with van der Waals surface area (Å²) in [4.78, 5) is 3.93. The lowest BCUT2D eigenvalue weighted by molar-refractivity contribution is 0.375. The summed E-state index contributed by atoms with van der Waals surface area (Å²) in [5.74, 6) is 0.300. The van der Waals surface area contributed by atoms with E-state index < -0.39 is 15.8 Å². The van der Waals surface area contributed by atoms with Crippen molar-refractivity contribution in [3.63, 3.8) is 0 Å². The van der Waals surface area contributed by atoms with Gasteiger partial charge in [-0.3, -0.25) is 0 Å². The third-order valence-corrected chi connectivity index (χ3v) is 4.21. The van der Waals surface area contributed by atoms with Gasteiger partial charge in [0.05, 0.1) is 4.90 Å². The lowest BCUT2D eigenvalue weighted by Gasteiger charge is -2.07. The summed E-state index contributed by atoms with van der Waals surface area (Å²) in [6.45, 7) is 1.69. The molecule has 0 aliphatic heterocycles. The van der Waals surface area contributed by atoms with Gasteiger partial charge in [-0.25, -0.2) is 17.5 Å². The van der Waals surface area contributed by atoms with Crippen LogP contribution in [0.25, 0.3) is 0 Å². The second kappa shape index (κ2) is 6.29. The number of halogens is 1. The Morgan fingerprint density at radius 1 is 1.43 bits per heavy atom. The molecule has 9 heteroatoms. The standard InChI is InChI=1S/C12H15FN4O3S/c1-8-16-12(20-17-8)4-5-15-21(18,19)10-2-3-11(13)9(6-10)7-14/h2-3,6,15H,4-5,7,14H2,1H3. The zero-order valence-electron chi connectivity index (χ0n) is 11.3. The van der Waals surface area contributed by atoms with Crippen LogP contribution in [0.1, 0.15) is 17.3 Å². The third-order valence-electron chi connectivity index (χ3n) is 2.75. The Balaban J connectivity index is 2.04. The van der Waals surface area contributed by atoms with Crippen molar-refractivity contribution in [1.29, 1.82) is 0 Å². The van der Waals surface area contributed by atoms with Gasteiger partial charge in [-0.2, -0.15) is 4.98 Å². The maximum Gasteiger partial charge on any atom is 0.240 e. The molecular formula is C12H15FN4O3S. The molecule has 0 spiro atoms. The Morgan fingerprint density at radius 3 is 2.81 bits per heavy atom. The average molecular weight is 314 g/mol. The fourth-order valence-corrected chi connectivity index (χ4v) is 2.77. The van der Waals surface area contributed by atoms with E-state index in [1.54, 1.807) is 6.92 Å². The summed E-state index contributed by atoms with van der Waals surface area (Å²) in [5, 5.41) is 3.60. The molecule has 0 unspecified atom stereocenters. The van der Waals surface area contributed by atoms with Crippen LogP contribution in [-0.2, 0) is 23.0 Å². The van der Waals surface area contributed by atoms with Gasteiger partial charge in [0.25, 0.3) is 0 Å². The second-order valence-electron chi connectivity index (χ2n) is 4.34. The van der Waals surface area contributed by atoms with Crippen molar-refractivity contribution in [1.82, 2.24) is 14.9 Å². The van der Waals surface area contributed by atoms with Gasteiger partial charge in [0.15, 0.2) is 5.82 Å². The van der Waals surface area contributed by atoms with E-state index in [0.717, 1.165) is 6.07 Å². The molecule has 0 saturated carbocycles. The van der Waals surface area contributed by atoms with Gasteiger partial charge in [-0.05, 0) is 25.1 Å². The Morgan fingerprint density at radius 2 is 2.19 bits per heavy atom. The van der Waals surface area contributed by atoms with Crippen molar-refractivity contribution >= 4 is 10.0 Å². The predicted octanol–water partition coefficient (Wildman–Crippen LogP) is 0.497. The monoisotopic (exact) mass is 314 g/mol. The van der Waals surface area contributed by atoms with Crippen LogP contribution >= 0.6 is 0 Å². The van der Waals surface area contributed by atoms with Crippen molar-refractivity contribution in [3.05, 3.63) is 41.3 Å². The lowest BCUT2D eigenvalue weighted by atomic mass is 10.2. The molecule has 0 atom stereocenters. The molecule has 1 aromatic carbocycles. The third kappa shape index (κ3) is 3.84. The van der Waals surface area contributed by atoms with E-state index in [4.69, 9.17) is 10.3 Å². The van der Waals surface area contributed by atoms with Crippen LogP contribution in [0.3, 0.4) is 0 Å². The number of hydrogen-bond donors (Lipinski definition) is 2. The molecule has 2 aromatic rings. The predicted molar refractivity (Wildman–Crippen MR) is 72.2 cm³/mol. The van der Waals surface area contributed by atoms with E-state index in [2.05, 4.69) is 14.9 Å². The molecule has 0 amide bonds. The summed E-state index contributed by atoms with van der Waals surface area (Å²) < 4.78 is 44.7. The molecule has 7 nitrogen and oxygen atoms in total. The molecule has 3 N–H and O–H groups in total. The van der Waals surface area contributed by atoms with Crippen LogP contribution in [0.15, 0.2) is 27.6 Å². The highest BCUT2D eigenvalue weighted by Gasteiger charge is 2.16. The van der Waals surface area contributed by atoms with Crippen molar-refractivity contribution < 1.29 is 17.3 Å². The van der Waals surface area contributed by atoms with Crippen LogP contribution in [0.2, 0.25) is 0 Å². The van der Waals surface area contributed by atoms with Crippen molar-refractivity contribution in [2.24, 2.45) is 5.73 Å². The van der Waals surface area contributed by atoms with Gasteiger partial charge in [0.2, 0.25) is 15.9 Å². The van der Waals surface area contributed by atoms with Crippen LogP contribution in [0.5, 0.6) is 0 Å². The molecule has 1 heterocycles. The van der Waals surface area contributed by atoms with Gasteiger partial charge in [-0.1, -0.05) is 5.16 Å². The minimum atomic E-state index is -3.74. The molecule has 0 radical (unpaired) electrons. The summed E-state index contributed by atoms with van der Waals surface area (Å²) in [6, 6.07) is 3.49. The number of rotatable bonds is 6.